The summed E-state index contributed by atoms with van der Waals surface area (Å²) in [5.74, 6) is 1.38. The third kappa shape index (κ3) is 3.92. The van der Waals surface area contributed by atoms with E-state index in [0.29, 0.717) is 28.6 Å². The largest absolute Gasteiger partial charge is 0.496 e. The van der Waals surface area contributed by atoms with Gasteiger partial charge in [-0.3, -0.25) is 0 Å². The lowest BCUT2D eigenvalue weighted by atomic mass is 10.1. The number of ether oxygens (including phenoxy) is 3. The number of hydrogen-bond donors (Lipinski definition) is 1. The molecule has 0 atom stereocenters. The fraction of sp³-hybridized carbons (Fsp3) is 0.167. The van der Waals surface area contributed by atoms with Crippen molar-refractivity contribution >= 4 is 5.97 Å². The first kappa shape index (κ1) is 17.3. The number of hydrogen-bond acceptors (Lipinski definition) is 7. The molecule has 0 bridgehead atoms. The molecule has 26 heavy (non-hydrogen) atoms. The van der Waals surface area contributed by atoms with E-state index in [0.717, 1.165) is 0 Å². The average molecular weight is 356 g/mol. The smallest absolute Gasteiger partial charge is 0.335 e. The number of carbonyl (C=O) groups is 1. The molecule has 134 valence electrons. The van der Waals surface area contributed by atoms with Gasteiger partial charge in [-0.1, -0.05) is 17.3 Å². The van der Waals surface area contributed by atoms with Gasteiger partial charge in [0.25, 0.3) is 5.89 Å². The SMILES string of the molecule is COc1cc(OC)cc(OCc2nc(-c3ccc(C(=O)O)cc3)no2)c1. The van der Waals surface area contributed by atoms with Crippen LogP contribution in [-0.4, -0.2) is 35.4 Å². The Kier molecular flexibility index (Phi) is 5.02. The normalized spacial score (nSPS) is 10.4. The first-order valence-corrected chi connectivity index (χ1v) is 7.61. The number of aromatic carboxylic acids is 1. The van der Waals surface area contributed by atoms with E-state index in [2.05, 4.69) is 10.1 Å². The summed E-state index contributed by atoms with van der Waals surface area (Å²) in [6.45, 7) is 0.0660. The van der Waals surface area contributed by atoms with Crippen molar-refractivity contribution in [3.05, 3.63) is 53.9 Å². The zero-order valence-corrected chi connectivity index (χ0v) is 14.1. The van der Waals surface area contributed by atoms with Crippen LogP contribution in [-0.2, 0) is 6.61 Å². The molecule has 2 aromatic carbocycles. The molecule has 0 amide bonds. The third-order valence-corrected chi connectivity index (χ3v) is 3.55. The summed E-state index contributed by atoms with van der Waals surface area (Å²) in [7, 11) is 3.11. The van der Waals surface area contributed by atoms with Gasteiger partial charge in [0.15, 0.2) is 6.61 Å². The van der Waals surface area contributed by atoms with Crippen LogP contribution < -0.4 is 14.2 Å². The van der Waals surface area contributed by atoms with E-state index in [4.69, 9.17) is 23.8 Å². The second-order valence-electron chi connectivity index (χ2n) is 5.23. The van der Waals surface area contributed by atoms with E-state index in [9.17, 15) is 4.79 Å². The highest BCUT2D eigenvalue weighted by molar-refractivity contribution is 5.88. The Bertz CT molecular complexity index is 882. The Balaban J connectivity index is 1.70. The first-order valence-electron chi connectivity index (χ1n) is 7.61. The van der Waals surface area contributed by atoms with Crippen LogP contribution in [0.25, 0.3) is 11.4 Å². The topological polar surface area (TPSA) is 104 Å². The Morgan fingerprint density at radius 2 is 1.65 bits per heavy atom. The number of carboxylic acids is 1. The quantitative estimate of drug-likeness (QED) is 0.689. The Labute approximate surface area is 148 Å². The molecule has 8 heteroatoms. The van der Waals surface area contributed by atoms with Gasteiger partial charge in [-0.05, 0) is 12.1 Å². The predicted octanol–water partition coefficient (Wildman–Crippen LogP) is 3.03. The Hall–Kier alpha value is -3.55. The van der Waals surface area contributed by atoms with Gasteiger partial charge in [0.2, 0.25) is 5.82 Å². The summed E-state index contributed by atoms with van der Waals surface area (Å²) in [6.07, 6.45) is 0. The molecule has 1 aromatic heterocycles. The standard InChI is InChI=1S/C18H16N2O6/c1-23-13-7-14(24-2)9-15(8-13)25-10-16-19-17(20-26-16)11-3-5-12(6-4-11)18(21)22/h3-9H,10H2,1-2H3,(H,21,22). The van der Waals surface area contributed by atoms with Crippen molar-refractivity contribution in [2.75, 3.05) is 14.2 Å². The van der Waals surface area contributed by atoms with Crippen molar-refractivity contribution in [1.82, 2.24) is 10.1 Å². The minimum absolute atomic E-state index is 0.0660. The maximum absolute atomic E-state index is 10.9. The van der Waals surface area contributed by atoms with E-state index in [1.165, 1.54) is 12.1 Å². The molecule has 0 aliphatic heterocycles. The van der Waals surface area contributed by atoms with Crippen molar-refractivity contribution in [1.29, 1.82) is 0 Å². The lowest BCUT2D eigenvalue weighted by Gasteiger charge is -2.08. The molecule has 0 radical (unpaired) electrons. The summed E-state index contributed by atoms with van der Waals surface area (Å²) in [5, 5.41) is 12.8. The molecule has 1 N–H and O–H groups in total. The van der Waals surface area contributed by atoms with E-state index in [1.54, 1.807) is 44.6 Å². The van der Waals surface area contributed by atoms with Gasteiger partial charge in [-0.15, -0.1) is 0 Å². The number of benzene rings is 2. The zero-order valence-electron chi connectivity index (χ0n) is 14.1. The minimum Gasteiger partial charge on any atom is -0.496 e. The molecule has 0 aliphatic rings. The maximum Gasteiger partial charge on any atom is 0.335 e. The number of aromatic nitrogens is 2. The van der Waals surface area contributed by atoms with Gasteiger partial charge in [-0.25, -0.2) is 4.79 Å². The Morgan fingerprint density at radius 1 is 1.04 bits per heavy atom. The second kappa shape index (κ2) is 7.56. The van der Waals surface area contributed by atoms with Crippen LogP contribution in [0.15, 0.2) is 47.0 Å². The second-order valence-corrected chi connectivity index (χ2v) is 5.23. The van der Waals surface area contributed by atoms with Gasteiger partial charge >= 0.3 is 5.97 Å². The van der Waals surface area contributed by atoms with Crippen LogP contribution in [0, 0.1) is 0 Å². The highest BCUT2D eigenvalue weighted by atomic mass is 16.5. The lowest BCUT2D eigenvalue weighted by Crippen LogP contribution is -1.97. The van der Waals surface area contributed by atoms with Crippen LogP contribution in [0.5, 0.6) is 17.2 Å². The van der Waals surface area contributed by atoms with Crippen molar-refractivity contribution in [3.8, 4) is 28.6 Å². The van der Waals surface area contributed by atoms with Gasteiger partial charge in [0.1, 0.15) is 17.2 Å². The van der Waals surface area contributed by atoms with E-state index >= 15 is 0 Å². The monoisotopic (exact) mass is 356 g/mol. The van der Waals surface area contributed by atoms with E-state index in [1.807, 2.05) is 0 Å². The van der Waals surface area contributed by atoms with Gasteiger partial charge in [0.05, 0.1) is 19.8 Å². The number of rotatable bonds is 7. The molecule has 0 aliphatic carbocycles. The fourth-order valence-electron chi connectivity index (χ4n) is 2.20. The summed E-state index contributed by atoms with van der Waals surface area (Å²) in [6, 6.07) is 11.4. The number of carboxylic acid groups (broad SMARTS) is 1. The predicted molar refractivity (Wildman–Crippen MR) is 90.6 cm³/mol. The molecule has 3 aromatic rings. The summed E-state index contributed by atoms with van der Waals surface area (Å²) >= 11 is 0. The average Bonchev–Trinajstić information content (AvgIpc) is 3.15. The molecule has 0 saturated heterocycles. The minimum atomic E-state index is -0.993. The fourth-order valence-corrected chi connectivity index (χ4v) is 2.20. The third-order valence-electron chi connectivity index (χ3n) is 3.55. The number of methoxy groups -OCH3 is 2. The molecule has 8 nitrogen and oxygen atoms in total. The molecule has 0 unspecified atom stereocenters. The molecule has 0 saturated carbocycles. The highest BCUT2D eigenvalue weighted by Crippen LogP contribution is 2.28. The Morgan fingerprint density at radius 3 is 2.23 bits per heavy atom. The highest BCUT2D eigenvalue weighted by Gasteiger charge is 2.11. The van der Waals surface area contributed by atoms with Crippen LogP contribution in [0.4, 0.5) is 0 Å². The molecule has 0 spiro atoms. The first-order chi connectivity index (χ1) is 12.6. The summed E-state index contributed by atoms with van der Waals surface area (Å²) in [4.78, 5) is 15.1. The number of nitrogens with zero attached hydrogens (tertiary/aromatic N) is 2. The lowest BCUT2D eigenvalue weighted by molar-refractivity contribution is 0.0697. The zero-order chi connectivity index (χ0) is 18.5. The summed E-state index contributed by atoms with van der Waals surface area (Å²) in [5.41, 5.74) is 0.834. The van der Waals surface area contributed by atoms with Crippen LogP contribution >= 0.6 is 0 Å². The molecule has 1 heterocycles. The van der Waals surface area contributed by atoms with Gasteiger partial charge in [0, 0.05) is 23.8 Å². The van der Waals surface area contributed by atoms with Crippen LogP contribution in [0.2, 0.25) is 0 Å². The van der Waals surface area contributed by atoms with Gasteiger partial charge < -0.3 is 23.8 Å². The van der Waals surface area contributed by atoms with Crippen molar-refractivity contribution in [2.24, 2.45) is 0 Å². The van der Waals surface area contributed by atoms with Gasteiger partial charge in [-0.2, -0.15) is 4.98 Å². The molecule has 0 fully saturated rings. The van der Waals surface area contributed by atoms with Crippen molar-refractivity contribution in [2.45, 2.75) is 6.61 Å². The molecular weight excluding hydrogens is 340 g/mol. The van der Waals surface area contributed by atoms with Crippen LogP contribution in [0.1, 0.15) is 16.2 Å². The van der Waals surface area contributed by atoms with Crippen LogP contribution in [0.3, 0.4) is 0 Å². The molecule has 3 rings (SSSR count). The summed E-state index contributed by atoms with van der Waals surface area (Å²) < 4.78 is 21.2. The van der Waals surface area contributed by atoms with E-state index in [-0.39, 0.29) is 18.1 Å². The maximum atomic E-state index is 10.9. The van der Waals surface area contributed by atoms with Crippen molar-refractivity contribution < 1.29 is 28.6 Å². The van der Waals surface area contributed by atoms with Crippen molar-refractivity contribution in [3.63, 3.8) is 0 Å². The van der Waals surface area contributed by atoms with E-state index < -0.39 is 5.97 Å². The molecular formula is C18H16N2O6.